The van der Waals surface area contributed by atoms with Gasteiger partial charge in [-0.25, -0.2) is 0 Å². The molecular weight excluding hydrogens is 398 g/mol. The van der Waals surface area contributed by atoms with Crippen molar-refractivity contribution in [3.05, 3.63) is 46.8 Å². The predicted octanol–water partition coefficient (Wildman–Crippen LogP) is 3.92. The Bertz CT molecular complexity index is 891. The first-order valence-corrected chi connectivity index (χ1v) is 11.4. The van der Waals surface area contributed by atoms with Crippen LogP contribution in [-0.4, -0.2) is 44.0 Å². The van der Waals surface area contributed by atoms with Crippen LogP contribution in [-0.2, 0) is 4.79 Å². The maximum Gasteiger partial charge on any atom is 0.261 e. The van der Waals surface area contributed by atoms with Crippen LogP contribution < -0.4 is 15.4 Å². The first-order chi connectivity index (χ1) is 14.5. The van der Waals surface area contributed by atoms with Crippen LogP contribution in [0.15, 0.2) is 36.4 Å². The molecular formula is C23H29N3O3S. The van der Waals surface area contributed by atoms with Crippen LogP contribution in [0, 0.1) is 11.8 Å². The summed E-state index contributed by atoms with van der Waals surface area (Å²) in [5.74, 6) is 1.34. The normalized spacial score (nSPS) is 21.8. The number of likely N-dealkylation sites (tertiary alicyclic amines) is 1. The molecule has 1 aromatic heterocycles. The van der Waals surface area contributed by atoms with E-state index in [9.17, 15) is 9.59 Å². The Hall–Kier alpha value is -2.38. The van der Waals surface area contributed by atoms with E-state index in [1.807, 2.05) is 18.2 Å². The number of thiophene rings is 1. The smallest absolute Gasteiger partial charge is 0.261 e. The number of amides is 2. The van der Waals surface area contributed by atoms with Gasteiger partial charge in [0.2, 0.25) is 5.91 Å². The summed E-state index contributed by atoms with van der Waals surface area (Å²) >= 11 is 1.33. The molecule has 1 saturated heterocycles. The number of rotatable bonds is 7. The van der Waals surface area contributed by atoms with Crippen LogP contribution in [0.5, 0.6) is 5.75 Å². The Balaban J connectivity index is 1.37. The monoisotopic (exact) mass is 427 g/mol. The number of methoxy groups -OCH3 is 1. The second kappa shape index (κ2) is 9.18. The molecule has 1 saturated carbocycles. The molecule has 30 heavy (non-hydrogen) atoms. The van der Waals surface area contributed by atoms with Gasteiger partial charge in [-0.15, -0.1) is 11.3 Å². The Labute approximate surface area is 181 Å². The van der Waals surface area contributed by atoms with E-state index >= 15 is 0 Å². The molecule has 2 heterocycles. The largest absolute Gasteiger partial charge is 0.497 e. The molecule has 1 aliphatic heterocycles. The van der Waals surface area contributed by atoms with E-state index in [4.69, 9.17) is 4.74 Å². The van der Waals surface area contributed by atoms with Crippen molar-refractivity contribution in [3.63, 3.8) is 0 Å². The molecule has 2 unspecified atom stereocenters. The lowest BCUT2D eigenvalue weighted by Crippen LogP contribution is -2.41. The lowest BCUT2D eigenvalue weighted by atomic mass is 9.85. The number of ether oxygens (including phenoxy) is 1. The SMILES string of the molecule is COc1ccc(C2C(CNC(=O)c3ccc(NC(=O)C4CC4)s3)CCCN2C)cc1. The van der Waals surface area contributed by atoms with E-state index in [2.05, 4.69) is 34.7 Å². The minimum atomic E-state index is -0.0753. The topological polar surface area (TPSA) is 70.7 Å². The molecule has 0 bridgehead atoms. The third-order valence-corrected chi connectivity index (χ3v) is 7.01. The van der Waals surface area contributed by atoms with Crippen molar-refractivity contribution in [2.24, 2.45) is 11.8 Å². The number of hydrogen-bond donors (Lipinski definition) is 2. The van der Waals surface area contributed by atoms with Gasteiger partial charge < -0.3 is 15.4 Å². The van der Waals surface area contributed by atoms with Crippen LogP contribution in [0.3, 0.4) is 0 Å². The molecule has 2 atom stereocenters. The third-order valence-electron chi connectivity index (χ3n) is 6.01. The highest BCUT2D eigenvalue weighted by molar-refractivity contribution is 7.18. The van der Waals surface area contributed by atoms with Crippen LogP contribution in [0.2, 0.25) is 0 Å². The fourth-order valence-corrected chi connectivity index (χ4v) is 5.03. The molecule has 2 N–H and O–H groups in total. The predicted molar refractivity (Wildman–Crippen MR) is 119 cm³/mol. The molecule has 6 nitrogen and oxygen atoms in total. The zero-order chi connectivity index (χ0) is 21.1. The lowest BCUT2D eigenvalue weighted by Gasteiger charge is -2.39. The van der Waals surface area contributed by atoms with Crippen LogP contribution >= 0.6 is 11.3 Å². The van der Waals surface area contributed by atoms with E-state index < -0.39 is 0 Å². The molecule has 4 rings (SSSR count). The zero-order valence-electron chi connectivity index (χ0n) is 17.5. The summed E-state index contributed by atoms with van der Waals surface area (Å²) in [6.45, 7) is 1.68. The maximum atomic E-state index is 12.7. The van der Waals surface area contributed by atoms with Crippen molar-refractivity contribution >= 4 is 28.2 Å². The molecule has 1 aromatic carbocycles. The van der Waals surface area contributed by atoms with Crippen LogP contribution in [0.4, 0.5) is 5.00 Å². The number of hydrogen-bond acceptors (Lipinski definition) is 5. The fourth-order valence-electron chi connectivity index (χ4n) is 4.21. The third kappa shape index (κ3) is 4.84. The van der Waals surface area contributed by atoms with Crippen LogP contribution in [0.1, 0.15) is 47.0 Å². The van der Waals surface area contributed by atoms with Gasteiger partial charge >= 0.3 is 0 Å². The van der Waals surface area contributed by atoms with Gasteiger partial charge in [0.05, 0.1) is 17.0 Å². The van der Waals surface area contributed by atoms with Crippen molar-refractivity contribution in [1.82, 2.24) is 10.2 Å². The zero-order valence-corrected chi connectivity index (χ0v) is 18.3. The minimum absolute atomic E-state index is 0.0661. The van der Waals surface area contributed by atoms with Gasteiger partial charge in [-0.05, 0) is 75.0 Å². The number of nitrogens with one attached hydrogen (secondary N) is 2. The highest BCUT2D eigenvalue weighted by Crippen LogP contribution is 2.35. The van der Waals surface area contributed by atoms with Crippen molar-refractivity contribution in [3.8, 4) is 5.75 Å². The highest BCUT2D eigenvalue weighted by atomic mass is 32.1. The van der Waals surface area contributed by atoms with Gasteiger partial charge in [-0.2, -0.15) is 0 Å². The molecule has 1 aliphatic carbocycles. The average Bonchev–Trinajstić information content (AvgIpc) is 3.51. The number of piperidine rings is 1. The number of carbonyl (C=O) groups is 2. The number of carbonyl (C=O) groups excluding carboxylic acids is 2. The van der Waals surface area contributed by atoms with Crippen molar-refractivity contribution in [2.75, 3.05) is 32.6 Å². The number of anilines is 1. The van der Waals surface area contributed by atoms with E-state index in [0.29, 0.717) is 17.3 Å². The summed E-state index contributed by atoms with van der Waals surface area (Å²) in [5.41, 5.74) is 1.25. The van der Waals surface area contributed by atoms with Gasteiger partial charge in [0, 0.05) is 18.5 Å². The first-order valence-electron chi connectivity index (χ1n) is 10.6. The second-order valence-corrected chi connectivity index (χ2v) is 9.32. The molecule has 2 aliphatic rings. The van der Waals surface area contributed by atoms with E-state index in [0.717, 1.165) is 43.0 Å². The summed E-state index contributed by atoms with van der Waals surface area (Å²) in [4.78, 5) is 27.6. The van der Waals surface area contributed by atoms with Gasteiger partial charge in [0.15, 0.2) is 0 Å². The summed E-state index contributed by atoms with van der Waals surface area (Å²) in [6, 6.07) is 12.1. The molecule has 2 amide bonds. The van der Waals surface area contributed by atoms with Gasteiger partial charge in [-0.1, -0.05) is 12.1 Å². The molecule has 0 radical (unpaired) electrons. The van der Waals surface area contributed by atoms with E-state index in [1.54, 1.807) is 13.2 Å². The molecule has 160 valence electrons. The lowest BCUT2D eigenvalue weighted by molar-refractivity contribution is -0.117. The van der Waals surface area contributed by atoms with Crippen LogP contribution in [0.25, 0.3) is 0 Å². The van der Waals surface area contributed by atoms with Gasteiger partial charge in [-0.3, -0.25) is 14.5 Å². The molecule has 7 heteroatoms. The number of nitrogens with zero attached hydrogens (tertiary/aromatic N) is 1. The Morgan fingerprint density at radius 1 is 1.13 bits per heavy atom. The first kappa shape index (κ1) is 20.9. The average molecular weight is 428 g/mol. The summed E-state index contributed by atoms with van der Waals surface area (Å²) < 4.78 is 5.28. The summed E-state index contributed by atoms with van der Waals surface area (Å²) in [7, 11) is 3.82. The standard InChI is InChI=1S/C23H29N3O3S/c1-26-13-3-4-17(21(26)15-7-9-18(29-2)10-8-15)14-24-23(28)19-11-12-20(30-19)25-22(27)16-5-6-16/h7-12,16-17,21H,3-6,13-14H2,1-2H3,(H,24,28)(H,25,27). The number of benzene rings is 1. The van der Waals surface area contributed by atoms with Crippen molar-refractivity contribution in [1.29, 1.82) is 0 Å². The van der Waals surface area contributed by atoms with E-state index in [-0.39, 0.29) is 23.8 Å². The summed E-state index contributed by atoms with van der Waals surface area (Å²) in [6.07, 6.45) is 4.14. The molecule has 2 aromatic rings. The van der Waals surface area contributed by atoms with Gasteiger partial charge in [0.1, 0.15) is 5.75 Å². The van der Waals surface area contributed by atoms with Crippen molar-refractivity contribution < 1.29 is 14.3 Å². The van der Waals surface area contributed by atoms with Crippen molar-refractivity contribution in [2.45, 2.75) is 31.7 Å². The summed E-state index contributed by atoms with van der Waals surface area (Å²) in [5, 5.41) is 6.77. The van der Waals surface area contributed by atoms with Gasteiger partial charge in [0.25, 0.3) is 5.91 Å². The van der Waals surface area contributed by atoms with E-state index in [1.165, 1.54) is 16.9 Å². The quantitative estimate of drug-likeness (QED) is 0.703. The molecule has 0 spiro atoms. The fraction of sp³-hybridized carbons (Fsp3) is 0.478. The Morgan fingerprint density at radius 2 is 1.90 bits per heavy atom. The molecule has 2 fully saturated rings. The Morgan fingerprint density at radius 3 is 2.60 bits per heavy atom. The maximum absolute atomic E-state index is 12.7. The highest BCUT2D eigenvalue weighted by Gasteiger charge is 2.31. The minimum Gasteiger partial charge on any atom is -0.497 e. The second-order valence-electron chi connectivity index (χ2n) is 8.24. The Kier molecular flexibility index (Phi) is 6.39.